The van der Waals surface area contributed by atoms with E-state index in [2.05, 4.69) is 83.4 Å². The Morgan fingerprint density at radius 3 is 2.06 bits per heavy atom. The summed E-state index contributed by atoms with van der Waals surface area (Å²) in [6.07, 6.45) is 8.71. The molecule has 4 aromatic carbocycles. The van der Waals surface area contributed by atoms with Crippen LogP contribution in [-0.2, 0) is 5.41 Å². The van der Waals surface area contributed by atoms with Crippen molar-refractivity contribution < 1.29 is 4.42 Å². The maximum Gasteiger partial charge on any atom is 0.135 e. The first-order valence-electron chi connectivity index (χ1n) is 13.7. The van der Waals surface area contributed by atoms with Gasteiger partial charge < -0.3 is 8.98 Å². The summed E-state index contributed by atoms with van der Waals surface area (Å²) in [5, 5.41) is 5.12. The van der Waals surface area contributed by atoms with Gasteiger partial charge in [0.05, 0.1) is 11.0 Å². The van der Waals surface area contributed by atoms with Crippen LogP contribution < -0.4 is 0 Å². The minimum Gasteiger partial charge on any atom is -0.456 e. The molecule has 2 nitrogen and oxygen atoms in total. The first-order valence-corrected chi connectivity index (χ1v) is 13.7. The van der Waals surface area contributed by atoms with Crippen molar-refractivity contribution in [3.05, 3.63) is 90.5 Å². The molecule has 4 aliphatic carbocycles. The van der Waals surface area contributed by atoms with Gasteiger partial charge in [-0.05, 0) is 110 Å². The number of para-hydroxylation sites is 2. The minimum absolute atomic E-state index is 0.417. The van der Waals surface area contributed by atoms with Gasteiger partial charge in [0.25, 0.3) is 0 Å². The zero-order valence-corrected chi connectivity index (χ0v) is 20.4. The number of aromatic nitrogens is 1. The van der Waals surface area contributed by atoms with Crippen LogP contribution in [0.3, 0.4) is 0 Å². The Kier molecular flexibility index (Phi) is 3.72. The molecule has 0 saturated heterocycles. The lowest BCUT2D eigenvalue weighted by molar-refractivity contribution is -0.00512. The van der Waals surface area contributed by atoms with Gasteiger partial charge in [-0.25, -0.2) is 0 Å². The summed E-state index contributed by atoms with van der Waals surface area (Å²) in [6.45, 7) is 0. The number of fused-ring (bicyclic) bond motifs is 6. The van der Waals surface area contributed by atoms with Crippen LogP contribution >= 0.6 is 0 Å². The predicted molar refractivity (Wildman–Crippen MR) is 148 cm³/mol. The number of furan rings is 1. The Hall–Kier alpha value is -3.52. The molecule has 0 atom stereocenters. The Balaban J connectivity index is 1.27. The Morgan fingerprint density at radius 2 is 1.25 bits per heavy atom. The average molecular weight is 468 g/mol. The Morgan fingerprint density at radius 1 is 0.583 bits per heavy atom. The highest BCUT2D eigenvalue weighted by Crippen LogP contribution is 2.61. The van der Waals surface area contributed by atoms with Gasteiger partial charge in [0.2, 0.25) is 0 Å². The molecule has 4 bridgehead atoms. The quantitative estimate of drug-likeness (QED) is 0.248. The smallest absolute Gasteiger partial charge is 0.135 e. The van der Waals surface area contributed by atoms with Gasteiger partial charge in [0.15, 0.2) is 0 Å². The highest BCUT2D eigenvalue weighted by Gasteiger charge is 2.51. The first-order chi connectivity index (χ1) is 17.7. The third-order valence-electron chi connectivity index (χ3n) is 9.94. The molecule has 4 aliphatic rings. The maximum atomic E-state index is 6.12. The summed E-state index contributed by atoms with van der Waals surface area (Å²) in [7, 11) is 0. The fourth-order valence-corrected chi connectivity index (χ4v) is 8.90. The van der Waals surface area contributed by atoms with Crippen LogP contribution in [0.1, 0.15) is 44.1 Å². The lowest BCUT2D eigenvalue weighted by Crippen LogP contribution is -2.48. The van der Waals surface area contributed by atoms with Crippen molar-refractivity contribution in [1.29, 1.82) is 0 Å². The van der Waals surface area contributed by atoms with E-state index >= 15 is 0 Å². The van der Waals surface area contributed by atoms with Crippen molar-refractivity contribution in [2.75, 3.05) is 0 Å². The first kappa shape index (κ1) is 19.6. The highest BCUT2D eigenvalue weighted by atomic mass is 16.3. The fourth-order valence-electron chi connectivity index (χ4n) is 8.90. The lowest BCUT2D eigenvalue weighted by atomic mass is 9.48. The molecule has 36 heavy (non-hydrogen) atoms. The number of benzene rings is 4. The summed E-state index contributed by atoms with van der Waals surface area (Å²) in [5.41, 5.74) is 7.70. The number of nitrogens with zero attached hydrogens (tertiary/aromatic N) is 1. The average Bonchev–Trinajstić information content (AvgIpc) is 3.43. The van der Waals surface area contributed by atoms with Crippen LogP contribution in [0.25, 0.3) is 49.4 Å². The molecule has 0 radical (unpaired) electrons. The van der Waals surface area contributed by atoms with Gasteiger partial charge in [-0.1, -0.05) is 42.5 Å². The summed E-state index contributed by atoms with van der Waals surface area (Å²) in [5.74, 6) is 2.89. The van der Waals surface area contributed by atoms with E-state index in [1.807, 2.05) is 6.07 Å². The van der Waals surface area contributed by atoms with Crippen molar-refractivity contribution >= 4 is 43.7 Å². The molecule has 6 aromatic rings. The Bertz CT molecular complexity index is 1800. The molecule has 2 aromatic heterocycles. The van der Waals surface area contributed by atoms with Gasteiger partial charge in [-0.2, -0.15) is 0 Å². The Labute approximate surface area is 210 Å². The van der Waals surface area contributed by atoms with Crippen LogP contribution in [-0.4, -0.2) is 4.57 Å². The maximum absolute atomic E-state index is 6.12. The van der Waals surface area contributed by atoms with Crippen molar-refractivity contribution in [3.63, 3.8) is 0 Å². The van der Waals surface area contributed by atoms with Gasteiger partial charge in [-0.15, -0.1) is 0 Å². The third-order valence-corrected chi connectivity index (χ3v) is 9.94. The van der Waals surface area contributed by atoms with E-state index in [1.165, 1.54) is 76.8 Å². The summed E-state index contributed by atoms with van der Waals surface area (Å²) in [4.78, 5) is 0. The van der Waals surface area contributed by atoms with E-state index in [9.17, 15) is 0 Å². The topological polar surface area (TPSA) is 18.1 Å². The second kappa shape index (κ2) is 6.82. The number of rotatable bonds is 2. The van der Waals surface area contributed by atoms with Crippen molar-refractivity contribution in [3.8, 4) is 5.69 Å². The second-order valence-electron chi connectivity index (χ2n) is 12.1. The fraction of sp³-hybridized carbons (Fsp3) is 0.294. The van der Waals surface area contributed by atoms with Crippen molar-refractivity contribution in [2.45, 2.75) is 43.9 Å². The van der Waals surface area contributed by atoms with E-state index in [-0.39, 0.29) is 0 Å². The summed E-state index contributed by atoms with van der Waals surface area (Å²) in [6, 6.07) is 31.4. The molecule has 0 amide bonds. The molecule has 0 unspecified atom stereocenters. The molecule has 0 N–H and O–H groups in total. The highest BCUT2D eigenvalue weighted by molar-refractivity contribution is 6.10. The van der Waals surface area contributed by atoms with E-state index in [0.29, 0.717) is 5.41 Å². The van der Waals surface area contributed by atoms with Gasteiger partial charge in [0.1, 0.15) is 11.2 Å². The molecular weight excluding hydrogens is 438 g/mol. The van der Waals surface area contributed by atoms with Crippen molar-refractivity contribution in [2.24, 2.45) is 17.8 Å². The molecule has 2 heteroatoms. The van der Waals surface area contributed by atoms with E-state index in [4.69, 9.17) is 4.42 Å². The monoisotopic (exact) mass is 467 g/mol. The molecule has 10 rings (SSSR count). The van der Waals surface area contributed by atoms with Gasteiger partial charge in [0, 0.05) is 27.2 Å². The molecule has 4 saturated carbocycles. The summed E-state index contributed by atoms with van der Waals surface area (Å²) < 4.78 is 8.58. The number of hydrogen-bond acceptors (Lipinski definition) is 1. The SMILES string of the molecule is c1ccc2c(c1)oc1ccc(-n3c4ccccc4c4cc(C56CC7CC(CC(C7)C5)C6)ccc43)cc12. The largest absolute Gasteiger partial charge is 0.456 e. The van der Waals surface area contributed by atoms with Crippen LogP contribution in [0.4, 0.5) is 0 Å². The number of hydrogen-bond donors (Lipinski definition) is 0. The van der Waals surface area contributed by atoms with Crippen LogP contribution in [0.5, 0.6) is 0 Å². The van der Waals surface area contributed by atoms with Crippen LogP contribution in [0, 0.1) is 17.8 Å². The molecule has 176 valence electrons. The third kappa shape index (κ3) is 2.57. The molecule has 0 spiro atoms. The van der Waals surface area contributed by atoms with Crippen LogP contribution in [0.2, 0.25) is 0 Å². The minimum atomic E-state index is 0.417. The normalized spacial score (nSPS) is 27.2. The zero-order valence-electron chi connectivity index (χ0n) is 20.4. The lowest BCUT2D eigenvalue weighted by Gasteiger charge is -2.57. The molecular formula is C34H29NO. The molecule has 4 fully saturated rings. The second-order valence-corrected chi connectivity index (χ2v) is 12.1. The standard InChI is InChI=1S/C34H29NO/c1-3-7-30-26(5-1)28-16-24(34-18-21-13-22(19-34)15-23(14-21)20-34)9-11-31(28)35(30)25-10-12-33-29(17-25)27-6-2-4-8-32(27)36-33/h1-12,16-17,21-23H,13-15,18-20H2. The van der Waals surface area contributed by atoms with Crippen LogP contribution in [0.15, 0.2) is 89.3 Å². The summed E-state index contributed by atoms with van der Waals surface area (Å²) >= 11 is 0. The van der Waals surface area contributed by atoms with Gasteiger partial charge >= 0.3 is 0 Å². The van der Waals surface area contributed by atoms with E-state index in [0.717, 1.165) is 28.9 Å². The van der Waals surface area contributed by atoms with E-state index in [1.54, 1.807) is 5.56 Å². The zero-order chi connectivity index (χ0) is 23.4. The van der Waals surface area contributed by atoms with Gasteiger partial charge in [-0.3, -0.25) is 0 Å². The van der Waals surface area contributed by atoms with E-state index < -0.39 is 0 Å². The predicted octanol–water partition coefficient (Wildman–Crippen LogP) is 9.15. The molecule has 2 heterocycles. The van der Waals surface area contributed by atoms with Crippen molar-refractivity contribution in [1.82, 2.24) is 4.57 Å². The molecule has 0 aliphatic heterocycles.